The zero-order valence-electron chi connectivity index (χ0n) is 9.22. The van der Waals surface area contributed by atoms with Crippen LogP contribution in [0.25, 0.3) is 0 Å². The second kappa shape index (κ2) is 4.79. The van der Waals surface area contributed by atoms with Gasteiger partial charge in [-0.2, -0.15) is 0 Å². The highest BCUT2D eigenvalue weighted by molar-refractivity contribution is 5.84. The van der Waals surface area contributed by atoms with Crippen molar-refractivity contribution < 1.29 is 24.5 Å². The third-order valence-electron chi connectivity index (χ3n) is 3.33. The first-order valence-electron chi connectivity index (χ1n) is 5.80. The maximum atomic E-state index is 11.1. The molecule has 1 spiro atoms. The van der Waals surface area contributed by atoms with E-state index in [9.17, 15) is 9.90 Å². The minimum absolute atomic E-state index is 0.229. The first-order chi connectivity index (χ1) is 7.67. The average molecular weight is 230 g/mol. The first-order valence-corrected chi connectivity index (χ1v) is 5.80. The van der Waals surface area contributed by atoms with Crippen LogP contribution in [0.2, 0.25) is 0 Å². The number of carbonyl (C=O) groups is 1. The quantitative estimate of drug-likeness (QED) is 0.713. The predicted octanol–water partition coefficient (Wildman–Crippen LogP) is -0.0155. The highest BCUT2D eigenvalue weighted by Crippen LogP contribution is 2.38. The molecular weight excluding hydrogens is 212 g/mol. The number of ketones is 1. The van der Waals surface area contributed by atoms with Crippen LogP contribution in [-0.2, 0) is 14.3 Å². The lowest BCUT2D eigenvalue weighted by molar-refractivity contribution is -0.196. The lowest BCUT2D eigenvalue weighted by Gasteiger charge is -2.32. The molecule has 5 heteroatoms. The van der Waals surface area contributed by atoms with Crippen LogP contribution in [0.1, 0.15) is 32.1 Å². The summed E-state index contributed by atoms with van der Waals surface area (Å²) in [6.07, 6.45) is 3.03. The number of aliphatic hydroxyl groups excluding tert-OH is 2. The maximum Gasteiger partial charge on any atom is 0.189 e. The zero-order chi connectivity index (χ0) is 11.6. The third-order valence-corrected chi connectivity index (χ3v) is 3.33. The Kier molecular flexibility index (Phi) is 3.59. The van der Waals surface area contributed by atoms with Gasteiger partial charge in [-0.1, -0.05) is 6.42 Å². The zero-order valence-corrected chi connectivity index (χ0v) is 9.22. The van der Waals surface area contributed by atoms with Crippen LogP contribution in [0.3, 0.4) is 0 Å². The van der Waals surface area contributed by atoms with Gasteiger partial charge < -0.3 is 19.7 Å². The molecule has 0 amide bonds. The lowest BCUT2D eigenvalue weighted by atomic mass is 9.94. The molecule has 0 bridgehead atoms. The minimum atomic E-state index is -1.27. The Morgan fingerprint density at radius 1 is 1.38 bits per heavy atom. The normalized spacial score (nSPS) is 30.5. The van der Waals surface area contributed by atoms with Crippen molar-refractivity contribution in [3.8, 4) is 0 Å². The van der Waals surface area contributed by atoms with Crippen molar-refractivity contribution >= 4 is 5.78 Å². The van der Waals surface area contributed by atoms with Crippen LogP contribution < -0.4 is 0 Å². The van der Waals surface area contributed by atoms with Gasteiger partial charge in [-0.05, 0) is 12.8 Å². The van der Waals surface area contributed by atoms with Gasteiger partial charge in [-0.25, -0.2) is 0 Å². The van der Waals surface area contributed by atoms with Crippen LogP contribution in [0, 0.1) is 0 Å². The summed E-state index contributed by atoms with van der Waals surface area (Å²) in [6, 6.07) is 0. The fourth-order valence-corrected chi connectivity index (χ4v) is 2.39. The van der Waals surface area contributed by atoms with Crippen LogP contribution in [0.4, 0.5) is 0 Å². The molecule has 92 valence electrons. The molecule has 2 aliphatic rings. The van der Waals surface area contributed by atoms with Crippen molar-refractivity contribution in [2.75, 3.05) is 13.2 Å². The molecule has 1 heterocycles. The molecule has 0 radical (unpaired) electrons. The van der Waals surface area contributed by atoms with Gasteiger partial charge in [0.15, 0.2) is 11.6 Å². The number of ether oxygens (including phenoxy) is 2. The van der Waals surface area contributed by atoms with E-state index in [1.807, 2.05) is 0 Å². The van der Waals surface area contributed by atoms with Crippen LogP contribution in [-0.4, -0.2) is 47.2 Å². The van der Waals surface area contributed by atoms with Crippen LogP contribution in [0.5, 0.6) is 0 Å². The van der Waals surface area contributed by atoms with Crippen LogP contribution in [0.15, 0.2) is 0 Å². The second-order valence-electron chi connectivity index (χ2n) is 4.51. The van der Waals surface area contributed by atoms with Crippen molar-refractivity contribution in [3.63, 3.8) is 0 Å². The van der Waals surface area contributed by atoms with E-state index in [-0.39, 0.29) is 6.61 Å². The van der Waals surface area contributed by atoms with Crippen molar-refractivity contribution in [2.24, 2.45) is 0 Å². The molecule has 2 rings (SSSR count). The van der Waals surface area contributed by atoms with Crippen molar-refractivity contribution in [3.05, 3.63) is 0 Å². The van der Waals surface area contributed by atoms with Crippen LogP contribution >= 0.6 is 0 Å². The van der Waals surface area contributed by atoms with E-state index in [4.69, 9.17) is 14.6 Å². The van der Waals surface area contributed by atoms with E-state index in [1.165, 1.54) is 6.42 Å². The summed E-state index contributed by atoms with van der Waals surface area (Å²) in [5.41, 5.74) is 0. The monoisotopic (exact) mass is 230 g/mol. The largest absolute Gasteiger partial charge is 0.388 e. The maximum absolute atomic E-state index is 11.1. The van der Waals surface area contributed by atoms with E-state index < -0.39 is 30.4 Å². The Hall–Kier alpha value is -0.490. The number of Topliss-reactive ketones (excluding diaryl/α,β-unsaturated/α-hetero) is 1. The predicted molar refractivity (Wildman–Crippen MR) is 54.7 cm³/mol. The molecule has 0 aromatic heterocycles. The molecule has 2 unspecified atom stereocenters. The molecule has 0 aromatic carbocycles. The smallest absolute Gasteiger partial charge is 0.189 e. The van der Waals surface area contributed by atoms with Gasteiger partial charge in [-0.3, -0.25) is 4.79 Å². The van der Waals surface area contributed by atoms with Gasteiger partial charge in [0.25, 0.3) is 0 Å². The summed E-state index contributed by atoms with van der Waals surface area (Å²) in [5, 5.41) is 18.3. The summed E-state index contributed by atoms with van der Waals surface area (Å²) in [7, 11) is 0. The fourth-order valence-electron chi connectivity index (χ4n) is 2.39. The molecule has 1 aliphatic heterocycles. The SMILES string of the molecule is O=C(CO)C(O)C1COC2(CCCCC2)O1. The molecule has 0 aromatic rings. The lowest BCUT2D eigenvalue weighted by Crippen LogP contribution is -2.40. The minimum Gasteiger partial charge on any atom is -0.388 e. The molecular formula is C11H18O5. The number of hydrogen-bond donors (Lipinski definition) is 2. The Labute approximate surface area is 94.4 Å². The number of aliphatic hydroxyl groups is 2. The second-order valence-corrected chi connectivity index (χ2v) is 4.51. The fraction of sp³-hybridized carbons (Fsp3) is 0.909. The van der Waals surface area contributed by atoms with Gasteiger partial charge in [0, 0.05) is 12.8 Å². The average Bonchev–Trinajstić information content (AvgIpc) is 2.72. The Morgan fingerprint density at radius 2 is 2.06 bits per heavy atom. The Bertz CT molecular complexity index is 259. The summed E-state index contributed by atoms with van der Waals surface area (Å²) >= 11 is 0. The van der Waals surface area contributed by atoms with Gasteiger partial charge in [0.05, 0.1) is 6.61 Å². The molecule has 1 saturated heterocycles. The molecule has 16 heavy (non-hydrogen) atoms. The summed E-state index contributed by atoms with van der Waals surface area (Å²) < 4.78 is 11.3. The molecule has 5 nitrogen and oxygen atoms in total. The Balaban J connectivity index is 1.94. The molecule has 2 fully saturated rings. The molecule has 1 saturated carbocycles. The Morgan fingerprint density at radius 3 is 2.69 bits per heavy atom. The van der Waals surface area contributed by atoms with E-state index in [0.29, 0.717) is 0 Å². The topological polar surface area (TPSA) is 76.0 Å². The van der Waals surface area contributed by atoms with E-state index in [2.05, 4.69) is 0 Å². The van der Waals surface area contributed by atoms with Gasteiger partial charge in [-0.15, -0.1) is 0 Å². The number of rotatable bonds is 3. The summed E-state index contributed by atoms with van der Waals surface area (Å²) in [6.45, 7) is -0.430. The van der Waals surface area contributed by atoms with Crippen molar-refractivity contribution in [1.82, 2.24) is 0 Å². The van der Waals surface area contributed by atoms with E-state index in [1.54, 1.807) is 0 Å². The standard InChI is InChI=1S/C11H18O5/c12-6-8(13)10(14)9-7-15-11(16-9)4-2-1-3-5-11/h9-10,12,14H,1-7H2. The molecule has 1 aliphatic carbocycles. The van der Waals surface area contributed by atoms with Gasteiger partial charge >= 0.3 is 0 Å². The van der Waals surface area contributed by atoms with E-state index >= 15 is 0 Å². The van der Waals surface area contributed by atoms with Gasteiger partial charge in [0.1, 0.15) is 18.8 Å². The first kappa shape index (κ1) is 12.0. The van der Waals surface area contributed by atoms with Crippen molar-refractivity contribution in [2.45, 2.75) is 50.1 Å². The summed E-state index contributed by atoms with van der Waals surface area (Å²) in [4.78, 5) is 11.1. The highest BCUT2D eigenvalue weighted by Gasteiger charge is 2.45. The number of hydrogen-bond acceptors (Lipinski definition) is 5. The van der Waals surface area contributed by atoms with Crippen molar-refractivity contribution in [1.29, 1.82) is 0 Å². The highest BCUT2D eigenvalue weighted by atomic mass is 16.7. The van der Waals surface area contributed by atoms with Gasteiger partial charge in [0.2, 0.25) is 0 Å². The third kappa shape index (κ3) is 2.27. The number of carbonyl (C=O) groups excluding carboxylic acids is 1. The molecule has 2 atom stereocenters. The van der Waals surface area contributed by atoms with E-state index in [0.717, 1.165) is 25.7 Å². The summed E-state index contributed by atoms with van der Waals surface area (Å²) in [5.74, 6) is -1.19. The molecule has 2 N–H and O–H groups in total.